The Bertz CT molecular complexity index is 5750. The fourth-order valence-corrected chi connectivity index (χ4v) is 27.4. The second-order valence-corrected chi connectivity index (χ2v) is 42.3. The Morgan fingerprint density at radius 2 is 0.250 bits per heavy atom. The molecule has 0 unspecified atom stereocenters. The van der Waals surface area contributed by atoms with Crippen LogP contribution in [0.1, 0.15) is 58.5 Å². The Labute approximate surface area is 696 Å². The summed E-state index contributed by atoms with van der Waals surface area (Å²) in [7, 11) is 0. The van der Waals surface area contributed by atoms with Gasteiger partial charge in [-0.1, -0.05) is 36.4 Å². The van der Waals surface area contributed by atoms with Gasteiger partial charge in [0.05, 0.1) is 58.5 Å². The zero-order valence-corrected chi connectivity index (χ0v) is 70.3. The Hall–Kier alpha value is -8.82. The fraction of sp³-hybridized carbons (Fsp3) is 0. The molecule has 18 heterocycles. The van der Waals surface area contributed by atoms with Crippen molar-refractivity contribution in [1.29, 1.82) is 0 Å². The van der Waals surface area contributed by atoms with Crippen molar-refractivity contribution in [2.45, 2.75) is 0 Å². The molecule has 0 saturated carbocycles. The second kappa shape index (κ2) is 31.6. The highest BCUT2D eigenvalue weighted by Crippen LogP contribution is 2.62. The minimum absolute atomic E-state index is 1.03. The van der Waals surface area contributed by atoms with E-state index in [1.165, 1.54) is 121 Å². The summed E-state index contributed by atoms with van der Waals surface area (Å²) < 4.78 is 0. The highest BCUT2D eigenvalue weighted by Gasteiger charge is 2.34. The van der Waals surface area contributed by atoms with Crippen molar-refractivity contribution in [3.05, 3.63) is 309 Å². The van der Waals surface area contributed by atoms with Crippen molar-refractivity contribution in [3.8, 4) is 192 Å². The fourth-order valence-electron chi connectivity index (χ4n) is 11.9. The minimum atomic E-state index is 1.03. The lowest BCUT2D eigenvalue weighted by Crippen LogP contribution is -1.98. The zero-order chi connectivity index (χ0) is 71.7. The Morgan fingerprint density at radius 3 is 0.398 bits per heavy atom. The molecule has 19 rings (SSSR count). The van der Waals surface area contributed by atoms with Crippen molar-refractivity contribution < 1.29 is 0 Å². The third kappa shape index (κ3) is 15.2. The molecule has 18 heteroatoms. The van der Waals surface area contributed by atoms with Gasteiger partial charge in [0.1, 0.15) is 0 Å². The Morgan fingerprint density at radius 1 is 0.120 bits per heavy atom. The van der Waals surface area contributed by atoms with Gasteiger partial charge in [0.15, 0.2) is 0 Å². The lowest BCUT2D eigenvalue weighted by molar-refractivity contribution is 1.65. The van der Waals surface area contributed by atoms with Crippen LogP contribution in [0.25, 0.3) is 121 Å². The summed E-state index contributed by atoms with van der Waals surface area (Å²) in [4.78, 5) is 33.8. The standard InChI is InChI=1S/C90H42S18/c1-7-55(91-49-1)13-19-61-25-31-67(97-61)73-37-43-79(103-73)85-86(80-44-38-74(104-80)68-32-26-62(98-68)20-14-56-8-2-50-92-56)88(82-46-40-76(106-82)70-34-28-64(100-70)22-16-58-10-4-52-94-58)90(84-48-42-78(108-84)72-36-30-66(102-72)24-18-60-12-6-54-96-60)89(83-47-41-77(107-83)71-35-29-65(101-71)23-17-59-11-5-53-95-59)87(85)81-45-39-75(105-81)69-33-27-63(99-69)21-15-57-9-3-51-93-57/h1-12,25-54H. The van der Waals surface area contributed by atoms with Crippen LogP contribution in [-0.2, 0) is 0 Å². The number of hydrogen-bond acceptors (Lipinski definition) is 18. The maximum Gasteiger partial charge on any atom is 0.0779 e. The highest BCUT2D eigenvalue weighted by atomic mass is 32.2. The number of rotatable bonds is 12. The molecule has 0 aliphatic rings. The summed E-state index contributed by atoms with van der Waals surface area (Å²) >= 11 is 31.8. The van der Waals surface area contributed by atoms with Gasteiger partial charge in [0.25, 0.3) is 0 Å². The molecule has 510 valence electrons. The van der Waals surface area contributed by atoms with E-state index in [1.54, 1.807) is 136 Å². The first kappa shape index (κ1) is 69.6. The third-order valence-corrected chi connectivity index (χ3v) is 35.2. The summed E-state index contributed by atoms with van der Waals surface area (Å²) in [5.74, 6) is 41.7. The molecule has 0 bridgehead atoms. The van der Waals surface area contributed by atoms with Gasteiger partial charge >= 0.3 is 0 Å². The molecule has 0 radical (unpaired) electrons. The SMILES string of the molecule is C(#Cc1ccc(-c2ccc(-c3c(-c4ccc(-c5ccc(C#Cc6cccs6)s5)s4)c(-c4ccc(-c5ccc(C#Cc6cccs6)s5)s4)c(-c4ccc(-c5ccc(C#Cc6cccs6)s5)s4)c(-c4ccc(-c5ccc(C#Cc6cccs6)s5)s4)c3-c3ccc(-c4ccc(C#Cc5cccs5)s4)s3)s2)s1)c1cccs1. The van der Waals surface area contributed by atoms with Crippen LogP contribution in [-0.4, -0.2) is 0 Å². The summed E-state index contributed by atoms with van der Waals surface area (Å²) in [5, 5.41) is 12.5. The van der Waals surface area contributed by atoms with Gasteiger partial charge < -0.3 is 0 Å². The molecule has 0 amide bonds. The van der Waals surface area contributed by atoms with Crippen LogP contribution in [0.5, 0.6) is 0 Å². The van der Waals surface area contributed by atoms with Crippen LogP contribution in [0.2, 0.25) is 0 Å². The molecule has 0 aliphatic heterocycles. The summed E-state index contributed by atoms with van der Waals surface area (Å²) in [6.45, 7) is 0. The van der Waals surface area contributed by atoms with Crippen molar-refractivity contribution in [1.82, 2.24) is 0 Å². The quantitative estimate of drug-likeness (QED) is 0.107. The van der Waals surface area contributed by atoms with E-state index >= 15 is 0 Å². The van der Waals surface area contributed by atoms with Gasteiger partial charge in [-0.15, -0.1) is 204 Å². The Kier molecular flexibility index (Phi) is 20.4. The monoisotopic (exact) mass is 1700 g/mol. The Balaban J connectivity index is 0.888. The summed E-state index contributed by atoms with van der Waals surface area (Å²) in [6, 6.07) is 80.1. The van der Waals surface area contributed by atoms with Crippen molar-refractivity contribution in [2.24, 2.45) is 0 Å². The van der Waals surface area contributed by atoms with Crippen LogP contribution < -0.4 is 0 Å². The lowest BCUT2D eigenvalue weighted by Gasteiger charge is -2.25. The molecular formula is C90H42S18. The van der Waals surface area contributed by atoms with Gasteiger partial charge in [-0.05, 0) is 285 Å². The van der Waals surface area contributed by atoms with E-state index in [0.717, 1.165) is 58.5 Å². The van der Waals surface area contributed by atoms with Crippen LogP contribution in [0.4, 0.5) is 0 Å². The average Bonchev–Trinajstić information content (AvgIpc) is 1.40. The molecule has 0 aliphatic carbocycles. The zero-order valence-electron chi connectivity index (χ0n) is 55.6. The maximum absolute atomic E-state index is 3.51. The molecule has 0 saturated heterocycles. The van der Waals surface area contributed by atoms with E-state index in [-0.39, 0.29) is 0 Å². The summed E-state index contributed by atoms with van der Waals surface area (Å²) in [5.41, 5.74) is 7.15. The third-order valence-electron chi connectivity index (χ3n) is 16.7. The first-order chi connectivity index (χ1) is 53.4. The first-order valence-electron chi connectivity index (χ1n) is 33.2. The molecule has 0 spiro atoms. The largest absolute Gasteiger partial charge is 0.135 e. The van der Waals surface area contributed by atoms with E-state index in [1.807, 2.05) is 68.0 Å². The van der Waals surface area contributed by atoms with Crippen LogP contribution >= 0.6 is 204 Å². The van der Waals surface area contributed by atoms with Crippen LogP contribution in [0, 0.1) is 71.0 Å². The highest BCUT2D eigenvalue weighted by molar-refractivity contribution is 7.28. The summed E-state index contributed by atoms with van der Waals surface area (Å²) in [6.07, 6.45) is 0. The second-order valence-electron chi connectivity index (χ2n) is 23.6. The lowest BCUT2D eigenvalue weighted by atomic mass is 9.82. The predicted molar refractivity (Wildman–Crippen MR) is 488 cm³/mol. The van der Waals surface area contributed by atoms with Crippen molar-refractivity contribution in [2.75, 3.05) is 0 Å². The number of hydrogen-bond donors (Lipinski definition) is 0. The number of thiophene rings is 18. The molecule has 108 heavy (non-hydrogen) atoms. The van der Waals surface area contributed by atoms with Crippen molar-refractivity contribution >= 4 is 204 Å². The molecule has 18 aromatic heterocycles. The van der Waals surface area contributed by atoms with Gasteiger partial charge in [-0.3, -0.25) is 0 Å². The molecule has 0 N–H and O–H groups in total. The minimum Gasteiger partial charge on any atom is -0.135 e. The molecular weight excluding hydrogens is 1660 g/mol. The number of benzene rings is 1. The van der Waals surface area contributed by atoms with Gasteiger partial charge in [-0.25, -0.2) is 0 Å². The van der Waals surface area contributed by atoms with Gasteiger partial charge in [0.2, 0.25) is 0 Å². The smallest absolute Gasteiger partial charge is 0.0779 e. The first-order valence-corrected chi connectivity index (χ1v) is 48.3. The van der Waals surface area contributed by atoms with E-state index < -0.39 is 0 Å². The van der Waals surface area contributed by atoms with E-state index in [9.17, 15) is 0 Å². The molecule has 0 fully saturated rings. The molecule has 19 aromatic rings. The van der Waals surface area contributed by atoms with Gasteiger partial charge in [-0.2, -0.15) is 0 Å². The molecule has 1 aromatic carbocycles. The van der Waals surface area contributed by atoms with Gasteiger partial charge in [0, 0.05) is 121 Å². The maximum atomic E-state index is 3.51. The van der Waals surface area contributed by atoms with Crippen LogP contribution in [0.3, 0.4) is 0 Å². The average molecular weight is 1700 g/mol. The predicted octanol–water partition coefficient (Wildman–Crippen LogP) is 31.2. The topological polar surface area (TPSA) is 0 Å². The van der Waals surface area contributed by atoms with E-state index in [2.05, 4.69) is 322 Å². The van der Waals surface area contributed by atoms with E-state index in [4.69, 9.17) is 0 Å². The van der Waals surface area contributed by atoms with Crippen molar-refractivity contribution in [3.63, 3.8) is 0 Å². The van der Waals surface area contributed by atoms with Crippen LogP contribution in [0.15, 0.2) is 251 Å². The molecule has 0 atom stereocenters. The van der Waals surface area contributed by atoms with E-state index in [0.29, 0.717) is 0 Å². The normalized spacial score (nSPS) is 10.9. The molecule has 0 nitrogen and oxygen atoms in total.